The summed E-state index contributed by atoms with van der Waals surface area (Å²) < 4.78 is 0. The van der Waals surface area contributed by atoms with Crippen molar-refractivity contribution in [1.82, 2.24) is 15.1 Å². The van der Waals surface area contributed by atoms with Gasteiger partial charge < -0.3 is 10.2 Å². The van der Waals surface area contributed by atoms with Crippen molar-refractivity contribution in [1.29, 1.82) is 0 Å². The first-order chi connectivity index (χ1) is 12.2. The Morgan fingerprint density at radius 2 is 1.35 bits per heavy atom. The van der Waals surface area contributed by atoms with Gasteiger partial charge in [0.25, 0.3) is 0 Å². The number of carbonyl (C=O) groups excluding carboxylic acids is 1. The smallest absolute Gasteiger partial charge is 0.225 e. The minimum Gasteiger partial charge on any atom is -0.353 e. The van der Waals surface area contributed by atoms with Gasteiger partial charge in [-0.1, -0.05) is 13.8 Å². The molecule has 1 N–H and O–H groups in total. The summed E-state index contributed by atoms with van der Waals surface area (Å²) in [4.78, 5) is 17.5. The highest BCUT2D eigenvalue weighted by molar-refractivity contribution is 5.80. The van der Waals surface area contributed by atoms with E-state index in [-0.39, 0.29) is 17.9 Å². The van der Waals surface area contributed by atoms with Crippen molar-refractivity contribution >= 4 is 5.91 Å². The maximum atomic E-state index is 12.5. The van der Waals surface area contributed by atoms with Crippen molar-refractivity contribution in [3.05, 3.63) is 0 Å². The Morgan fingerprint density at radius 3 is 1.85 bits per heavy atom. The van der Waals surface area contributed by atoms with Crippen LogP contribution in [0.25, 0.3) is 0 Å². The van der Waals surface area contributed by atoms with E-state index in [0.717, 1.165) is 31.3 Å². The Labute approximate surface area is 162 Å². The topological polar surface area (TPSA) is 35.6 Å². The minimum atomic E-state index is 0.201. The van der Waals surface area contributed by atoms with Crippen LogP contribution >= 0.6 is 0 Å². The van der Waals surface area contributed by atoms with E-state index >= 15 is 0 Å². The molecular weight excluding hydrogens is 322 g/mol. The Balaban J connectivity index is 1.80. The number of hydrogen-bond acceptors (Lipinski definition) is 3. The summed E-state index contributed by atoms with van der Waals surface area (Å²) in [5, 5.41) is 3.30. The van der Waals surface area contributed by atoms with E-state index < -0.39 is 0 Å². The second-order valence-electron chi connectivity index (χ2n) is 10.0. The van der Waals surface area contributed by atoms with Crippen LogP contribution in [0, 0.1) is 23.7 Å². The quantitative estimate of drug-likeness (QED) is 0.714. The van der Waals surface area contributed by atoms with E-state index in [1.54, 1.807) is 0 Å². The van der Waals surface area contributed by atoms with Crippen LogP contribution in [-0.4, -0.2) is 60.0 Å². The summed E-state index contributed by atoms with van der Waals surface area (Å²) in [5.41, 5.74) is 0. The molecule has 0 bridgehead atoms. The summed E-state index contributed by atoms with van der Waals surface area (Å²) >= 11 is 0. The van der Waals surface area contributed by atoms with Crippen LogP contribution in [0.4, 0.5) is 0 Å². The molecule has 0 aromatic carbocycles. The van der Waals surface area contributed by atoms with E-state index in [9.17, 15) is 4.79 Å². The van der Waals surface area contributed by atoms with Crippen LogP contribution in [0.2, 0.25) is 0 Å². The van der Waals surface area contributed by atoms with Crippen LogP contribution < -0.4 is 5.32 Å². The Morgan fingerprint density at radius 1 is 0.846 bits per heavy atom. The molecule has 2 aliphatic rings. The fraction of sp³-hybridized carbons (Fsp3) is 0.955. The molecule has 26 heavy (non-hydrogen) atoms. The molecule has 0 saturated carbocycles. The van der Waals surface area contributed by atoms with Gasteiger partial charge in [0, 0.05) is 44.3 Å². The molecule has 0 aliphatic carbocycles. The predicted octanol–water partition coefficient (Wildman–Crippen LogP) is 3.61. The Kier molecular flexibility index (Phi) is 7.96. The van der Waals surface area contributed by atoms with E-state index in [4.69, 9.17) is 0 Å². The van der Waals surface area contributed by atoms with Gasteiger partial charge in [0.2, 0.25) is 5.91 Å². The number of likely N-dealkylation sites (tertiary alicyclic amines) is 2. The summed E-state index contributed by atoms with van der Waals surface area (Å²) in [6.07, 6.45) is 3.77. The summed E-state index contributed by atoms with van der Waals surface area (Å²) in [6.45, 7) is 20.2. The van der Waals surface area contributed by atoms with Gasteiger partial charge in [-0.05, 0) is 71.6 Å². The number of piperidine rings is 1. The third-order valence-corrected chi connectivity index (χ3v) is 6.27. The van der Waals surface area contributed by atoms with Gasteiger partial charge in [0.15, 0.2) is 0 Å². The summed E-state index contributed by atoms with van der Waals surface area (Å²) in [6, 6.07) is 1.46. The fourth-order valence-corrected chi connectivity index (χ4v) is 4.81. The maximum absolute atomic E-state index is 12.5. The SMILES string of the molecule is CC(C)CC1CC(CC(C)NC(=O)C2CN(C(C)C)C2)CN(C(C)C)C1. The van der Waals surface area contributed by atoms with E-state index in [1.807, 2.05) is 0 Å². The first-order valence-corrected chi connectivity index (χ1v) is 10.9. The molecule has 2 aliphatic heterocycles. The van der Waals surface area contributed by atoms with Gasteiger partial charge in [-0.25, -0.2) is 0 Å². The normalized spacial score (nSPS) is 27.2. The lowest BCUT2D eigenvalue weighted by Crippen LogP contribution is -2.57. The largest absolute Gasteiger partial charge is 0.353 e. The molecule has 4 nitrogen and oxygen atoms in total. The lowest BCUT2D eigenvalue weighted by molar-refractivity contribution is -0.131. The first-order valence-electron chi connectivity index (χ1n) is 10.9. The molecule has 2 saturated heterocycles. The third-order valence-electron chi connectivity index (χ3n) is 6.27. The number of rotatable bonds is 8. The minimum absolute atomic E-state index is 0.201. The van der Waals surface area contributed by atoms with Crippen LogP contribution in [0.5, 0.6) is 0 Å². The van der Waals surface area contributed by atoms with Gasteiger partial charge in [-0.3, -0.25) is 9.69 Å². The molecule has 152 valence electrons. The van der Waals surface area contributed by atoms with Crippen molar-refractivity contribution in [2.24, 2.45) is 23.7 Å². The first kappa shape index (κ1) is 21.7. The molecule has 0 radical (unpaired) electrons. The molecular formula is C22H43N3O. The summed E-state index contributed by atoms with van der Waals surface area (Å²) in [5.74, 6) is 2.76. The van der Waals surface area contributed by atoms with Gasteiger partial charge in [0.1, 0.15) is 0 Å². The monoisotopic (exact) mass is 365 g/mol. The summed E-state index contributed by atoms with van der Waals surface area (Å²) in [7, 11) is 0. The zero-order valence-corrected chi connectivity index (χ0v) is 18.3. The molecule has 0 spiro atoms. The Hall–Kier alpha value is -0.610. The van der Waals surface area contributed by atoms with Crippen molar-refractivity contribution in [2.45, 2.75) is 85.9 Å². The zero-order valence-electron chi connectivity index (χ0n) is 18.3. The lowest BCUT2D eigenvalue weighted by Gasteiger charge is -2.42. The molecule has 2 heterocycles. The van der Waals surface area contributed by atoms with Crippen LogP contribution in [-0.2, 0) is 4.79 Å². The van der Waals surface area contributed by atoms with Gasteiger partial charge in [0.05, 0.1) is 5.92 Å². The Bertz CT molecular complexity index is 443. The number of amides is 1. The van der Waals surface area contributed by atoms with E-state index in [0.29, 0.717) is 18.0 Å². The average Bonchev–Trinajstić information content (AvgIpc) is 2.43. The molecule has 3 unspecified atom stereocenters. The van der Waals surface area contributed by atoms with Gasteiger partial charge in [-0.2, -0.15) is 0 Å². The third kappa shape index (κ3) is 6.23. The maximum Gasteiger partial charge on any atom is 0.225 e. The van der Waals surface area contributed by atoms with Crippen LogP contribution in [0.1, 0.15) is 67.7 Å². The second kappa shape index (κ2) is 9.54. The van der Waals surface area contributed by atoms with Crippen molar-refractivity contribution in [3.8, 4) is 0 Å². The number of nitrogens with one attached hydrogen (secondary N) is 1. The average molecular weight is 366 g/mol. The lowest BCUT2D eigenvalue weighted by atomic mass is 9.81. The highest BCUT2D eigenvalue weighted by Crippen LogP contribution is 2.30. The highest BCUT2D eigenvalue weighted by Gasteiger charge is 2.35. The molecule has 3 atom stereocenters. The van der Waals surface area contributed by atoms with E-state index in [2.05, 4.69) is 63.6 Å². The standard InChI is InChI=1S/C22H43N3O/c1-15(2)8-19-10-20(12-24(11-19)16(3)4)9-18(7)23-22(26)21-13-25(14-21)17(5)6/h15-21H,8-14H2,1-7H3,(H,23,26). The molecule has 2 fully saturated rings. The predicted molar refractivity (Wildman–Crippen MR) is 110 cm³/mol. The fourth-order valence-electron chi connectivity index (χ4n) is 4.81. The van der Waals surface area contributed by atoms with Gasteiger partial charge in [-0.15, -0.1) is 0 Å². The van der Waals surface area contributed by atoms with Crippen LogP contribution in [0.3, 0.4) is 0 Å². The van der Waals surface area contributed by atoms with Gasteiger partial charge >= 0.3 is 0 Å². The molecule has 0 aromatic heterocycles. The zero-order chi connectivity index (χ0) is 19.4. The van der Waals surface area contributed by atoms with Crippen molar-refractivity contribution < 1.29 is 4.79 Å². The number of carbonyl (C=O) groups is 1. The molecule has 1 amide bonds. The number of hydrogen-bond donors (Lipinski definition) is 1. The molecule has 0 aromatic rings. The number of nitrogens with zero attached hydrogens (tertiary/aromatic N) is 2. The highest BCUT2D eigenvalue weighted by atomic mass is 16.2. The molecule has 2 rings (SSSR count). The van der Waals surface area contributed by atoms with Crippen molar-refractivity contribution in [2.75, 3.05) is 26.2 Å². The van der Waals surface area contributed by atoms with Crippen molar-refractivity contribution in [3.63, 3.8) is 0 Å². The molecule has 4 heteroatoms. The van der Waals surface area contributed by atoms with Crippen LogP contribution in [0.15, 0.2) is 0 Å². The second-order valence-corrected chi connectivity index (χ2v) is 10.0. The van der Waals surface area contributed by atoms with E-state index in [1.165, 1.54) is 25.9 Å².